The quantitative estimate of drug-likeness (QED) is 0.894. The van der Waals surface area contributed by atoms with E-state index < -0.39 is 0 Å². The van der Waals surface area contributed by atoms with Crippen LogP contribution in [-0.2, 0) is 4.79 Å². The van der Waals surface area contributed by atoms with Crippen LogP contribution in [0.25, 0.3) is 0 Å². The van der Waals surface area contributed by atoms with E-state index in [1.165, 1.54) is 12.8 Å². The van der Waals surface area contributed by atoms with Gasteiger partial charge < -0.3 is 10.6 Å². The lowest BCUT2D eigenvalue weighted by Gasteiger charge is -2.29. The van der Waals surface area contributed by atoms with E-state index in [0.29, 0.717) is 29.4 Å². The second-order valence-electron chi connectivity index (χ2n) is 6.49. The number of benzene rings is 1. The van der Waals surface area contributed by atoms with Gasteiger partial charge in [0.05, 0.1) is 6.04 Å². The van der Waals surface area contributed by atoms with Crippen LogP contribution in [0.3, 0.4) is 0 Å². The highest BCUT2D eigenvalue weighted by Gasteiger charge is 2.34. The average molecular weight is 307 g/mol. The van der Waals surface area contributed by atoms with Gasteiger partial charge in [-0.3, -0.25) is 4.79 Å². The van der Waals surface area contributed by atoms with Crippen LogP contribution in [-0.4, -0.2) is 18.0 Å². The van der Waals surface area contributed by atoms with Crippen molar-refractivity contribution in [2.24, 2.45) is 5.92 Å². The molecule has 2 unspecified atom stereocenters. The number of rotatable bonds is 4. The molecule has 0 saturated carbocycles. The predicted molar refractivity (Wildman–Crippen MR) is 85.3 cm³/mol. The molecule has 4 heteroatoms. The minimum absolute atomic E-state index is 0.0374. The van der Waals surface area contributed by atoms with E-state index in [4.69, 9.17) is 11.6 Å². The molecule has 1 aromatic rings. The second-order valence-corrected chi connectivity index (χ2v) is 6.90. The predicted octanol–water partition coefficient (Wildman–Crippen LogP) is 3.44. The highest BCUT2D eigenvalue weighted by atomic mass is 35.5. The lowest BCUT2D eigenvalue weighted by molar-refractivity contribution is -0.122. The van der Waals surface area contributed by atoms with Crippen LogP contribution in [0.15, 0.2) is 24.3 Å². The average Bonchev–Trinajstić information content (AvgIpc) is 2.78. The first kappa shape index (κ1) is 14.9. The molecular weight excluding hydrogens is 284 g/mol. The summed E-state index contributed by atoms with van der Waals surface area (Å²) in [6.07, 6.45) is 5.48. The van der Waals surface area contributed by atoms with Crippen molar-refractivity contribution in [3.8, 4) is 0 Å². The van der Waals surface area contributed by atoms with E-state index in [0.717, 1.165) is 18.4 Å². The van der Waals surface area contributed by atoms with Gasteiger partial charge in [0.25, 0.3) is 0 Å². The summed E-state index contributed by atoms with van der Waals surface area (Å²) in [5, 5.41) is 7.42. The monoisotopic (exact) mass is 306 g/mol. The van der Waals surface area contributed by atoms with Crippen LogP contribution in [0.4, 0.5) is 0 Å². The normalized spacial score (nSPS) is 29.1. The number of piperidine rings is 1. The largest absolute Gasteiger partial charge is 0.350 e. The van der Waals surface area contributed by atoms with Gasteiger partial charge in [-0.15, -0.1) is 0 Å². The number of amides is 1. The van der Waals surface area contributed by atoms with Gasteiger partial charge in [0.15, 0.2) is 0 Å². The van der Waals surface area contributed by atoms with Gasteiger partial charge in [0.2, 0.25) is 5.91 Å². The van der Waals surface area contributed by atoms with E-state index in [2.05, 4.69) is 10.6 Å². The van der Waals surface area contributed by atoms with Crippen molar-refractivity contribution in [3.05, 3.63) is 34.9 Å². The number of carbonyl (C=O) groups is 1. The molecule has 3 rings (SSSR count). The summed E-state index contributed by atoms with van der Waals surface area (Å²) in [4.78, 5) is 12.3. The van der Waals surface area contributed by atoms with Crippen molar-refractivity contribution in [1.29, 1.82) is 0 Å². The highest BCUT2D eigenvalue weighted by Crippen LogP contribution is 2.32. The summed E-state index contributed by atoms with van der Waals surface area (Å²) in [7, 11) is 0. The minimum Gasteiger partial charge on any atom is -0.350 e. The SMILES string of the molecule is C[C@@H](NC(=O)CC1CC2CCC(C1)N2)c1ccccc1Cl. The number of carbonyl (C=O) groups excluding carboxylic acids is 1. The van der Waals surface area contributed by atoms with E-state index >= 15 is 0 Å². The number of fused-ring (bicyclic) bond motifs is 2. The van der Waals surface area contributed by atoms with Crippen molar-refractivity contribution < 1.29 is 4.79 Å². The topological polar surface area (TPSA) is 41.1 Å². The van der Waals surface area contributed by atoms with Crippen molar-refractivity contribution in [3.63, 3.8) is 0 Å². The Morgan fingerprint density at radius 3 is 2.67 bits per heavy atom. The first-order valence-corrected chi connectivity index (χ1v) is 8.29. The molecule has 3 nitrogen and oxygen atoms in total. The van der Waals surface area contributed by atoms with E-state index in [-0.39, 0.29) is 11.9 Å². The summed E-state index contributed by atoms with van der Waals surface area (Å²) < 4.78 is 0. The summed E-state index contributed by atoms with van der Waals surface area (Å²) in [5.41, 5.74) is 0.984. The summed E-state index contributed by atoms with van der Waals surface area (Å²) >= 11 is 6.18. The first-order valence-electron chi connectivity index (χ1n) is 7.91. The van der Waals surface area contributed by atoms with Crippen LogP contribution in [0.5, 0.6) is 0 Å². The third-order valence-corrected chi connectivity index (χ3v) is 5.14. The molecule has 0 aromatic heterocycles. The van der Waals surface area contributed by atoms with Crippen molar-refractivity contribution in [1.82, 2.24) is 10.6 Å². The van der Waals surface area contributed by atoms with Crippen molar-refractivity contribution in [2.45, 2.75) is 57.2 Å². The number of halogens is 1. The summed E-state index contributed by atoms with van der Waals surface area (Å²) in [5.74, 6) is 0.677. The molecule has 0 aliphatic carbocycles. The zero-order valence-corrected chi connectivity index (χ0v) is 13.2. The molecule has 2 aliphatic heterocycles. The highest BCUT2D eigenvalue weighted by molar-refractivity contribution is 6.31. The Kier molecular flexibility index (Phi) is 4.51. The molecule has 114 valence electrons. The van der Waals surface area contributed by atoms with Gasteiger partial charge in [0.1, 0.15) is 0 Å². The minimum atomic E-state index is -0.0374. The smallest absolute Gasteiger partial charge is 0.220 e. The molecule has 2 heterocycles. The van der Waals surface area contributed by atoms with E-state index in [1.54, 1.807) is 0 Å². The molecule has 21 heavy (non-hydrogen) atoms. The molecule has 0 radical (unpaired) electrons. The lowest BCUT2D eigenvalue weighted by atomic mass is 9.89. The van der Waals surface area contributed by atoms with Crippen LogP contribution in [0.1, 0.15) is 50.6 Å². The van der Waals surface area contributed by atoms with Crippen LogP contribution in [0.2, 0.25) is 5.02 Å². The molecule has 1 amide bonds. The van der Waals surface area contributed by atoms with E-state index in [9.17, 15) is 4.79 Å². The lowest BCUT2D eigenvalue weighted by Crippen LogP contribution is -2.40. The maximum absolute atomic E-state index is 12.3. The Bertz CT molecular complexity index is 507. The van der Waals surface area contributed by atoms with Gasteiger partial charge in [-0.05, 0) is 50.2 Å². The van der Waals surface area contributed by atoms with Gasteiger partial charge >= 0.3 is 0 Å². The first-order chi connectivity index (χ1) is 10.1. The molecular formula is C17H23ClN2O. The zero-order chi connectivity index (χ0) is 14.8. The molecule has 2 aliphatic rings. The number of hydrogen-bond acceptors (Lipinski definition) is 2. The fourth-order valence-electron chi connectivity index (χ4n) is 3.81. The van der Waals surface area contributed by atoms with Crippen molar-refractivity contribution >= 4 is 17.5 Å². The number of nitrogens with one attached hydrogen (secondary N) is 2. The van der Waals surface area contributed by atoms with E-state index in [1.807, 2.05) is 31.2 Å². The van der Waals surface area contributed by atoms with Gasteiger partial charge in [-0.2, -0.15) is 0 Å². The molecule has 1 aromatic carbocycles. The van der Waals surface area contributed by atoms with Gasteiger partial charge in [0, 0.05) is 23.5 Å². The van der Waals surface area contributed by atoms with Crippen LogP contribution in [0, 0.1) is 5.92 Å². The maximum atomic E-state index is 12.3. The van der Waals surface area contributed by atoms with Gasteiger partial charge in [-0.1, -0.05) is 29.8 Å². The molecule has 2 bridgehead atoms. The van der Waals surface area contributed by atoms with Crippen LogP contribution >= 0.6 is 11.6 Å². The van der Waals surface area contributed by atoms with Crippen LogP contribution < -0.4 is 10.6 Å². The molecule has 2 saturated heterocycles. The third-order valence-electron chi connectivity index (χ3n) is 4.79. The summed E-state index contributed by atoms with van der Waals surface area (Å²) in [6.45, 7) is 1.99. The Balaban J connectivity index is 1.53. The Hall–Kier alpha value is -1.06. The Morgan fingerprint density at radius 2 is 2.00 bits per heavy atom. The zero-order valence-electron chi connectivity index (χ0n) is 12.4. The maximum Gasteiger partial charge on any atom is 0.220 e. The van der Waals surface area contributed by atoms with Gasteiger partial charge in [-0.25, -0.2) is 0 Å². The molecule has 0 spiro atoms. The second kappa shape index (κ2) is 6.37. The molecule has 3 atom stereocenters. The fourth-order valence-corrected chi connectivity index (χ4v) is 4.11. The standard InChI is InChI=1S/C17H23ClN2O/c1-11(15-4-2-3-5-16(15)18)19-17(21)10-12-8-13-6-7-14(9-12)20-13/h2-5,11-14,20H,6-10H2,1H3,(H,19,21)/t11-,12?,13?,14?/m1/s1. The molecule has 2 N–H and O–H groups in total. The Morgan fingerprint density at radius 1 is 1.33 bits per heavy atom. The van der Waals surface area contributed by atoms with Crippen molar-refractivity contribution in [2.75, 3.05) is 0 Å². The number of hydrogen-bond donors (Lipinski definition) is 2. The fraction of sp³-hybridized carbons (Fsp3) is 0.588. The Labute approximate surface area is 131 Å². The molecule has 2 fully saturated rings. The summed E-state index contributed by atoms with van der Waals surface area (Å²) in [6, 6.07) is 8.94. The third kappa shape index (κ3) is 3.58.